The van der Waals surface area contributed by atoms with Gasteiger partial charge in [-0.25, -0.2) is 9.98 Å². The van der Waals surface area contributed by atoms with Crippen molar-refractivity contribution in [1.29, 1.82) is 0 Å². The minimum absolute atomic E-state index is 0. The van der Waals surface area contributed by atoms with Crippen molar-refractivity contribution < 1.29 is 4.79 Å². The lowest BCUT2D eigenvalue weighted by atomic mass is 9.98. The Bertz CT molecular complexity index is 979. The zero-order valence-electron chi connectivity index (χ0n) is 19.8. The minimum atomic E-state index is 0. The van der Waals surface area contributed by atoms with E-state index in [-0.39, 0.29) is 24.0 Å². The van der Waals surface area contributed by atoms with Gasteiger partial charge in [-0.2, -0.15) is 0 Å². The van der Waals surface area contributed by atoms with Crippen molar-refractivity contribution in [3.63, 3.8) is 0 Å². The van der Waals surface area contributed by atoms with Gasteiger partial charge >= 0.3 is 0 Å². The summed E-state index contributed by atoms with van der Waals surface area (Å²) < 4.78 is 0. The number of amides is 1. The molecule has 2 aliphatic rings. The van der Waals surface area contributed by atoms with E-state index in [1.165, 1.54) is 11.3 Å². The number of guanidine groups is 1. The van der Waals surface area contributed by atoms with Gasteiger partial charge in [0.25, 0.3) is 0 Å². The van der Waals surface area contributed by atoms with Crippen molar-refractivity contribution in [2.75, 3.05) is 50.1 Å². The number of para-hydroxylation sites is 1. The zero-order valence-corrected chi connectivity index (χ0v) is 22.2. The number of halogens is 1. The lowest BCUT2D eigenvalue weighted by Gasteiger charge is -2.23. The summed E-state index contributed by atoms with van der Waals surface area (Å²) >= 11 is 0. The fourth-order valence-corrected chi connectivity index (χ4v) is 4.55. The van der Waals surface area contributed by atoms with Crippen LogP contribution in [0, 0.1) is 0 Å². The van der Waals surface area contributed by atoms with Crippen LogP contribution in [-0.2, 0) is 11.3 Å². The van der Waals surface area contributed by atoms with Gasteiger partial charge < -0.3 is 20.0 Å². The van der Waals surface area contributed by atoms with Crippen LogP contribution in [0.25, 0.3) is 0 Å². The molecule has 7 nitrogen and oxygen atoms in total. The van der Waals surface area contributed by atoms with E-state index in [1.54, 1.807) is 0 Å². The molecule has 1 atom stereocenters. The Balaban J connectivity index is 0.00000306. The number of fused-ring (bicyclic) bond motifs is 1. The molecule has 0 saturated carbocycles. The lowest BCUT2D eigenvalue weighted by molar-refractivity contribution is -0.127. The van der Waals surface area contributed by atoms with E-state index < -0.39 is 0 Å². The van der Waals surface area contributed by atoms with Gasteiger partial charge in [-0.1, -0.05) is 24.3 Å². The average molecular weight is 563 g/mol. The highest BCUT2D eigenvalue weighted by molar-refractivity contribution is 14.0. The molecule has 1 N–H and O–H groups in total. The fraction of sp³-hybridized carbons (Fsp3) is 0.480. The molecule has 1 aromatic heterocycles. The molecule has 8 heteroatoms. The summed E-state index contributed by atoms with van der Waals surface area (Å²) in [5.41, 5.74) is 3.50. The van der Waals surface area contributed by atoms with Gasteiger partial charge in [0.05, 0.1) is 12.2 Å². The van der Waals surface area contributed by atoms with E-state index in [4.69, 9.17) is 9.98 Å². The van der Waals surface area contributed by atoms with Gasteiger partial charge in [-0.3, -0.25) is 4.79 Å². The largest absolute Gasteiger partial charge is 0.363 e. The molecule has 3 heterocycles. The SMILES string of the molecule is CCNC(=NCc1cccc(N(C)C)n1)N1CC(CCN2CCCC2=O)c2ccccc21.I. The second-order valence-corrected chi connectivity index (χ2v) is 8.69. The number of pyridine rings is 1. The van der Waals surface area contributed by atoms with Gasteiger partial charge in [0.1, 0.15) is 5.82 Å². The highest BCUT2D eigenvalue weighted by atomic mass is 127. The Labute approximate surface area is 214 Å². The number of hydrogen-bond donors (Lipinski definition) is 1. The highest BCUT2D eigenvalue weighted by Crippen LogP contribution is 2.38. The lowest BCUT2D eigenvalue weighted by Crippen LogP contribution is -2.41. The first kappa shape index (κ1) is 25.3. The van der Waals surface area contributed by atoms with Crippen LogP contribution >= 0.6 is 24.0 Å². The Morgan fingerprint density at radius 2 is 2.03 bits per heavy atom. The predicted molar refractivity (Wildman–Crippen MR) is 146 cm³/mol. The molecule has 4 rings (SSSR count). The third kappa shape index (κ3) is 5.96. The Morgan fingerprint density at radius 1 is 1.21 bits per heavy atom. The molecule has 0 radical (unpaired) electrons. The molecule has 0 aliphatic carbocycles. The summed E-state index contributed by atoms with van der Waals surface area (Å²) in [7, 11) is 3.99. The smallest absolute Gasteiger partial charge is 0.222 e. The molecular formula is C25H35IN6O. The summed E-state index contributed by atoms with van der Waals surface area (Å²) in [6.07, 6.45) is 2.67. The van der Waals surface area contributed by atoms with Gasteiger partial charge in [-0.05, 0) is 43.5 Å². The Hall–Kier alpha value is -2.36. The average Bonchev–Trinajstić information content (AvgIpc) is 3.38. The maximum Gasteiger partial charge on any atom is 0.222 e. The van der Waals surface area contributed by atoms with Gasteiger partial charge in [0, 0.05) is 58.3 Å². The monoisotopic (exact) mass is 562 g/mol. The van der Waals surface area contributed by atoms with E-state index in [9.17, 15) is 4.79 Å². The van der Waals surface area contributed by atoms with Crippen molar-refractivity contribution in [1.82, 2.24) is 15.2 Å². The number of aliphatic imine (C=N–C) groups is 1. The molecule has 1 aromatic carbocycles. The van der Waals surface area contributed by atoms with Crippen molar-refractivity contribution >= 4 is 47.3 Å². The fourth-order valence-electron chi connectivity index (χ4n) is 4.55. The normalized spacial score (nSPS) is 17.7. The first-order valence-electron chi connectivity index (χ1n) is 11.6. The predicted octanol–water partition coefficient (Wildman–Crippen LogP) is 3.85. The molecule has 178 valence electrons. The number of anilines is 2. The van der Waals surface area contributed by atoms with Gasteiger partial charge in [0.15, 0.2) is 5.96 Å². The van der Waals surface area contributed by atoms with Crippen LogP contribution < -0.4 is 15.1 Å². The Kier molecular flexibility index (Phi) is 8.94. The molecule has 2 aliphatic heterocycles. The summed E-state index contributed by atoms with van der Waals surface area (Å²) in [4.78, 5) is 28.0. The molecule has 1 fully saturated rings. The first-order chi connectivity index (χ1) is 15.6. The minimum Gasteiger partial charge on any atom is -0.363 e. The molecule has 33 heavy (non-hydrogen) atoms. The number of benzene rings is 1. The molecule has 2 aromatic rings. The third-order valence-corrected chi connectivity index (χ3v) is 6.22. The molecule has 1 saturated heterocycles. The second kappa shape index (κ2) is 11.7. The number of likely N-dealkylation sites (tertiary alicyclic amines) is 1. The molecule has 0 bridgehead atoms. The van der Waals surface area contributed by atoms with E-state index in [0.717, 1.165) is 56.5 Å². The number of carbonyl (C=O) groups is 1. The van der Waals surface area contributed by atoms with Crippen molar-refractivity contribution in [2.24, 2.45) is 4.99 Å². The zero-order chi connectivity index (χ0) is 22.5. The maximum atomic E-state index is 12.0. The van der Waals surface area contributed by atoms with E-state index in [2.05, 4.69) is 41.4 Å². The van der Waals surface area contributed by atoms with E-state index in [0.29, 0.717) is 24.8 Å². The topological polar surface area (TPSA) is 64.1 Å². The maximum absolute atomic E-state index is 12.0. The number of nitrogens with zero attached hydrogens (tertiary/aromatic N) is 5. The van der Waals surface area contributed by atoms with Crippen LogP contribution in [0.1, 0.15) is 43.4 Å². The van der Waals surface area contributed by atoms with Gasteiger partial charge in [0.2, 0.25) is 5.91 Å². The molecule has 1 unspecified atom stereocenters. The number of hydrogen-bond acceptors (Lipinski definition) is 4. The summed E-state index contributed by atoms with van der Waals surface area (Å²) in [6, 6.07) is 14.6. The molecule has 1 amide bonds. The number of nitrogens with one attached hydrogen (secondary N) is 1. The first-order valence-corrected chi connectivity index (χ1v) is 11.6. The second-order valence-electron chi connectivity index (χ2n) is 8.69. The van der Waals surface area contributed by atoms with E-state index >= 15 is 0 Å². The quantitative estimate of drug-likeness (QED) is 0.316. The number of aromatic nitrogens is 1. The highest BCUT2D eigenvalue weighted by Gasteiger charge is 2.32. The molecular weight excluding hydrogens is 527 g/mol. The summed E-state index contributed by atoms with van der Waals surface area (Å²) in [5, 5.41) is 3.47. The van der Waals surface area contributed by atoms with Crippen LogP contribution in [0.4, 0.5) is 11.5 Å². The third-order valence-electron chi connectivity index (χ3n) is 6.22. The van der Waals surface area contributed by atoms with Crippen LogP contribution in [0.15, 0.2) is 47.5 Å². The molecule has 0 spiro atoms. The van der Waals surface area contributed by atoms with Crippen LogP contribution in [0.3, 0.4) is 0 Å². The van der Waals surface area contributed by atoms with Gasteiger partial charge in [-0.15, -0.1) is 24.0 Å². The number of carbonyl (C=O) groups excluding carboxylic acids is 1. The van der Waals surface area contributed by atoms with Crippen LogP contribution in [0.2, 0.25) is 0 Å². The summed E-state index contributed by atoms with van der Waals surface area (Å²) in [6.45, 7) is 6.03. The van der Waals surface area contributed by atoms with E-state index in [1.807, 2.05) is 42.1 Å². The van der Waals surface area contributed by atoms with Crippen LogP contribution in [0.5, 0.6) is 0 Å². The number of rotatable bonds is 7. The van der Waals surface area contributed by atoms with Crippen molar-refractivity contribution in [3.05, 3.63) is 53.7 Å². The summed E-state index contributed by atoms with van der Waals surface area (Å²) in [5.74, 6) is 2.51. The van der Waals surface area contributed by atoms with Crippen molar-refractivity contribution in [2.45, 2.75) is 38.6 Å². The van der Waals surface area contributed by atoms with Crippen LogP contribution in [-0.4, -0.2) is 62.0 Å². The Morgan fingerprint density at radius 3 is 2.76 bits per heavy atom. The standard InChI is InChI=1S/C25H34N6O.HI/c1-4-26-25(27-17-20-9-7-12-23(28-20)29(2)3)31-18-19(21-10-5-6-11-22(21)31)14-16-30-15-8-13-24(30)32;/h5-7,9-12,19H,4,8,13-18H2,1-3H3,(H,26,27);1H. The van der Waals surface area contributed by atoms with Crippen molar-refractivity contribution in [3.8, 4) is 0 Å².